The maximum atomic E-state index is 6.05. The first kappa shape index (κ1) is 17.5. The zero-order chi connectivity index (χ0) is 20.1. The summed E-state index contributed by atoms with van der Waals surface area (Å²) in [4.78, 5) is 4.47. The maximum Gasteiger partial charge on any atom is 0.278 e. The van der Waals surface area contributed by atoms with Crippen LogP contribution in [0.4, 0.5) is 0 Å². The smallest absolute Gasteiger partial charge is 0.278 e. The van der Waals surface area contributed by atoms with Crippen molar-refractivity contribution >= 4 is 11.6 Å². The molecule has 0 radical (unpaired) electrons. The molecule has 2 aromatic heterocycles. The average molecular weight is 423 g/mol. The maximum absolute atomic E-state index is 6.05. The Morgan fingerprint density at radius 2 is 1.97 bits per heavy atom. The zero-order valence-electron chi connectivity index (χ0n) is 15.6. The molecule has 0 saturated carbocycles. The average Bonchev–Trinajstić information content (AvgIpc) is 3.51. The largest absolute Gasteiger partial charge is 0.454 e. The first-order chi connectivity index (χ1) is 14.7. The number of rotatable bonds is 3. The van der Waals surface area contributed by atoms with Crippen LogP contribution in [-0.2, 0) is 17.9 Å². The summed E-state index contributed by atoms with van der Waals surface area (Å²) in [5.41, 5.74) is 3.36. The van der Waals surface area contributed by atoms with Gasteiger partial charge in [-0.15, -0.1) is 0 Å². The van der Waals surface area contributed by atoms with Gasteiger partial charge in [-0.2, -0.15) is 10.1 Å². The quantitative estimate of drug-likeness (QED) is 0.487. The highest BCUT2D eigenvalue weighted by Crippen LogP contribution is 2.37. The number of benzene rings is 2. The molecule has 0 amide bonds. The van der Waals surface area contributed by atoms with Crippen LogP contribution in [-0.4, -0.2) is 26.7 Å². The van der Waals surface area contributed by atoms with Crippen molar-refractivity contribution in [2.45, 2.75) is 19.3 Å². The molecule has 8 nitrogen and oxygen atoms in total. The molecule has 4 heterocycles. The first-order valence-electron chi connectivity index (χ1n) is 9.41. The predicted molar refractivity (Wildman–Crippen MR) is 106 cm³/mol. The molecule has 4 aromatic rings. The molecule has 0 unspecified atom stereocenters. The lowest BCUT2D eigenvalue weighted by molar-refractivity contribution is -0.00122. The van der Waals surface area contributed by atoms with Crippen molar-refractivity contribution in [2.24, 2.45) is 0 Å². The van der Waals surface area contributed by atoms with Crippen molar-refractivity contribution in [1.29, 1.82) is 0 Å². The number of nitrogens with zero attached hydrogens (tertiary/aromatic N) is 4. The van der Waals surface area contributed by atoms with Crippen molar-refractivity contribution in [3.8, 4) is 34.5 Å². The molecule has 2 aliphatic rings. The molecule has 9 heteroatoms. The molecule has 1 atom stereocenters. The van der Waals surface area contributed by atoms with Gasteiger partial charge in [-0.3, -0.25) is 4.68 Å². The van der Waals surface area contributed by atoms with Crippen LogP contribution in [0.25, 0.3) is 23.0 Å². The van der Waals surface area contributed by atoms with Gasteiger partial charge in [-0.05, 0) is 35.9 Å². The minimum Gasteiger partial charge on any atom is -0.454 e. The molecule has 0 spiro atoms. The van der Waals surface area contributed by atoms with Crippen LogP contribution < -0.4 is 9.47 Å². The fourth-order valence-corrected chi connectivity index (χ4v) is 3.81. The topological polar surface area (TPSA) is 84.4 Å². The van der Waals surface area contributed by atoms with Gasteiger partial charge >= 0.3 is 0 Å². The van der Waals surface area contributed by atoms with E-state index in [0.717, 1.165) is 28.3 Å². The Morgan fingerprint density at radius 1 is 1.03 bits per heavy atom. The molecule has 2 aromatic carbocycles. The van der Waals surface area contributed by atoms with Gasteiger partial charge in [-0.1, -0.05) is 35.0 Å². The summed E-state index contributed by atoms with van der Waals surface area (Å²) >= 11 is 6.05. The molecule has 150 valence electrons. The molecular weight excluding hydrogens is 408 g/mol. The lowest BCUT2D eigenvalue weighted by Gasteiger charge is -2.24. The van der Waals surface area contributed by atoms with Crippen molar-refractivity contribution in [1.82, 2.24) is 19.9 Å². The molecule has 0 bridgehead atoms. The minimum atomic E-state index is -0.135. The molecule has 2 aliphatic heterocycles. The van der Waals surface area contributed by atoms with Crippen LogP contribution in [0.3, 0.4) is 0 Å². The summed E-state index contributed by atoms with van der Waals surface area (Å²) in [6.07, 6.45) is -0.135. The van der Waals surface area contributed by atoms with E-state index in [1.54, 1.807) is 12.1 Å². The van der Waals surface area contributed by atoms with Crippen LogP contribution in [0, 0.1) is 0 Å². The van der Waals surface area contributed by atoms with E-state index in [-0.39, 0.29) is 12.9 Å². The summed E-state index contributed by atoms with van der Waals surface area (Å²) in [6.45, 7) is 1.25. The Kier molecular flexibility index (Phi) is 4.00. The second-order valence-electron chi connectivity index (χ2n) is 7.05. The lowest BCUT2D eigenvalue weighted by atomic mass is 10.1. The fourth-order valence-electron chi connectivity index (χ4n) is 3.62. The zero-order valence-corrected chi connectivity index (χ0v) is 16.4. The molecule has 0 fully saturated rings. The Morgan fingerprint density at radius 3 is 2.90 bits per heavy atom. The van der Waals surface area contributed by atoms with Gasteiger partial charge in [-0.25, -0.2) is 0 Å². The highest BCUT2D eigenvalue weighted by Gasteiger charge is 2.26. The number of halogens is 1. The monoisotopic (exact) mass is 422 g/mol. The molecule has 0 aliphatic carbocycles. The number of ether oxygens (including phenoxy) is 3. The highest BCUT2D eigenvalue weighted by molar-refractivity contribution is 6.30. The summed E-state index contributed by atoms with van der Waals surface area (Å²) < 4.78 is 24.2. The summed E-state index contributed by atoms with van der Waals surface area (Å²) in [6, 6.07) is 15.1. The third kappa shape index (κ3) is 3.01. The molecule has 6 rings (SSSR count). The first-order valence-corrected chi connectivity index (χ1v) is 9.79. The Labute approximate surface area is 175 Å². The molecule has 0 saturated heterocycles. The number of fused-ring (bicyclic) bond motifs is 2. The van der Waals surface area contributed by atoms with Crippen LogP contribution in [0.2, 0.25) is 5.02 Å². The van der Waals surface area contributed by atoms with Gasteiger partial charge in [0.25, 0.3) is 5.89 Å². The summed E-state index contributed by atoms with van der Waals surface area (Å²) in [5, 5.41) is 9.32. The van der Waals surface area contributed by atoms with E-state index in [1.807, 2.05) is 41.1 Å². The molecule has 30 heavy (non-hydrogen) atoms. The van der Waals surface area contributed by atoms with Crippen LogP contribution >= 0.6 is 11.6 Å². The van der Waals surface area contributed by atoms with Crippen LogP contribution in [0.5, 0.6) is 11.5 Å². The van der Waals surface area contributed by atoms with Crippen molar-refractivity contribution in [3.63, 3.8) is 0 Å². The van der Waals surface area contributed by atoms with E-state index in [2.05, 4.69) is 15.2 Å². The number of hydrogen-bond acceptors (Lipinski definition) is 7. The van der Waals surface area contributed by atoms with Gasteiger partial charge in [0, 0.05) is 10.6 Å². The van der Waals surface area contributed by atoms with Crippen molar-refractivity contribution in [3.05, 3.63) is 64.8 Å². The number of aromatic nitrogens is 4. The second kappa shape index (κ2) is 6.86. The van der Waals surface area contributed by atoms with Crippen LogP contribution in [0.15, 0.2) is 53.1 Å². The van der Waals surface area contributed by atoms with E-state index >= 15 is 0 Å². The second-order valence-corrected chi connectivity index (χ2v) is 7.49. The van der Waals surface area contributed by atoms with Gasteiger partial charge in [0.15, 0.2) is 17.2 Å². The fraction of sp³-hybridized carbons (Fsp3) is 0.190. The Balaban J connectivity index is 1.26. The number of hydrogen-bond donors (Lipinski definition) is 0. The van der Waals surface area contributed by atoms with Gasteiger partial charge in [0.1, 0.15) is 6.10 Å². The third-order valence-corrected chi connectivity index (χ3v) is 5.37. The van der Waals surface area contributed by atoms with Crippen molar-refractivity contribution < 1.29 is 18.7 Å². The van der Waals surface area contributed by atoms with Gasteiger partial charge < -0.3 is 18.7 Å². The van der Waals surface area contributed by atoms with E-state index in [9.17, 15) is 0 Å². The standard InChI is InChI=1S/C21H15ClN4O4/c22-14-3-1-2-13(6-14)20-23-21(30-25-20)16-8-15-10-27-19(9-26(15)24-16)12-4-5-17-18(7-12)29-11-28-17/h1-8,19H,9-11H2/t19-/m1/s1. The van der Waals surface area contributed by atoms with Gasteiger partial charge in [0.2, 0.25) is 12.6 Å². The molecule has 0 N–H and O–H groups in total. The van der Waals surface area contributed by atoms with Gasteiger partial charge in [0.05, 0.1) is 18.8 Å². The van der Waals surface area contributed by atoms with Crippen LogP contribution in [0.1, 0.15) is 17.4 Å². The molecular formula is C21H15ClN4O4. The minimum absolute atomic E-state index is 0.135. The van der Waals surface area contributed by atoms with E-state index < -0.39 is 0 Å². The van der Waals surface area contributed by atoms with E-state index in [0.29, 0.717) is 35.6 Å². The van der Waals surface area contributed by atoms with Crippen molar-refractivity contribution in [2.75, 3.05) is 6.79 Å². The normalized spacial score (nSPS) is 17.2. The SMILES string of the molecule is Clc1cccc(-c2noc(-c3cc4n(n3)C[C@H](c3ccc5c(c3)OCO5)OC4)n2)c1. The summed E-state index contributed by atoms with van der Waals surface area (Å²) in [7, 11) is 0. The Hall–Kier alpha value is -3.36. The Bertz CT molecular complexity index is 1250. The highest BCUT2D eigenvalue weighted by atomic mass is 35.5. The third-order valence-electron chi connectivity index (χ3n) is 5.13. The van der Waals surface area contributed by atoms with E-state index in [4.69, 9.17) is 30.3 Å². The predicted octanol–water partition coefficient (Wildman–Crippen LogP) is 4.25. The van der Waals surface area contributed by atoms with E-state index in [1.165, 1.54) is 0 Å². The summed E-state index contributed by atoms with van der Waals surface area (Å²) in [5.74, 6) is 2.31. The lowest BCUT2D eigenvalue weighted by Crippen LogP contribution is -2.21.